The molecule has 0 unspecified atom stereocenters. The molecule has 0 aromatic heterocycles. The summed E-state index contributed by atoms with van der Waals surface area (Å²) in [6, 6.07) is 25.7. The molecule has 11 nitrogen and oxygen atoms in total. The fraction of sp³-hybridized carbons (Fsp3) is 0.388. The molecule has 5 aromatic rings. The molecule has 2 fully saturated rings. The van der Waals surface area contributed by atoms with Crippen molar-refractivity contribution >= 4 is 53.1 Å². The first-order chi connectivity index (χ1) is 29.7. The summed E-state index contributed by atoms with van der Waals surface area (Å²) in [6.07, 6.45) is 9.84. The van der Waals surface area contributed by atoms with Gasteiger partial charge in [0.05, 0.1) is 4.90 Å². The van der Waals surface area contributed by atoms with Crippen molar-refractivity contribution in [2.45, 2.75) is 138 Å². The Bertz CT molecular complexity index is 2690. The Balaban J connectivity index is 1.38. The van der Waals surface area contributed by atoms with E-state index in [0.29, 0.717) is 27.8 Å². The van der Waals surface area contributed by atoms with Crippen molar-refractivity contribution in [2.24, 2.45) is 0 Å². The number of anilines is 4. The molecule has 14 heteroatoms. The highest BCUT2D eigenvalue weighted by atomic mass is 32.2. The maximum absolute atomic E-state index is 13.0. The smallest absolute Gasteiger partial charge is 0.295 e. The number of benzene rings is 5. The van der Waals surface area contributed by atoms with Crippen LogP contribution in [0, 0.1) is 41.5 Å². The zero-order valence-electron chi connectivity index (χ0n) is 36.8. The number of hydrogen-bond acceptors (Lipinski definition) is 8. The Kier molecular flexibility index (Phi) is 13.4. The van der Waals surface area contributed by atoms with Crippen LogP contribution in [-0.4, -0.2) is 51.0 Å². The van der Waals surface area contributed by atoms with Gasteiger partial charge >= 0.3 is 0 Å². The molecular weight excluding hydrogens is 857 g/mol. The second-order valence-corrected chi connectivity index (χ2v) is 21.6. The van der Waals surface area contributed by atoms with Crippen molar-refractivity contribution in [3.8, 4) is 0 Å². The van der Waals surface area contributed by atoms with Crippen molar-refractivity contribution < 1.29 is 38.9 Å². The van der Waals surface area contributed by atoms with Crippen LogP contribution < -0.4 is 9.80 Å². The lowest BCUT2D eigenvalue weighted by Crippen LogP contribution is -2.34. The number of nitrogens with zero attached hydrogens (tertiary/aromatic N) is 2. The van der Waals surface area contributed by atoms with Gasteiger partial charge in [-0.15, -0.1) is 0 Å². The van der Waals surface area contributed by atoms with Gasteiger partial charge in [0.2, 0.25) is 0 Å². The quantitative estimate of drug-likeness (QED) is 0.0804. The minimum atomic E-state index is -4.65. The third-order valence-corrected chi connectivity index (χ3v) is 16.3. The second-order valence-electron chi connectivity index (χ2n) is 17.5. The van der Waals surface area contributed by atoms with Crippen molar-refractivity contribution in [3.05, 3.63) is 135 Å². The van der Waals surface area contributed by atoms with Crippen LogP contribution >= 0.6 is 0 Å². The highest BCUT2D eigenvalue weighted by Crippen LogP contribution is 2.45. The molecule has 3 N–H and O–H groups in total. The van der Waals surface area contributed by atoms with E-state index in [-0.39, 0.29) is 26.8 Å². The normalized spacial score (nSPS) is 15.8. The zero-order valence-corrected chi connectivity index (χ0v) is 39.2. The van der Waals surface area contributed by atoms with Crippen LogP contribution in [-0.2, 0) is 30.4 Å². The largest absolute Gasteiger partial charge is 0.338 e. The summed E-state index contributed by atoms with van der Waals surface area (Å²) < 4.78 is 108. The van der Waals surface area contributed by atoms with E-state index in [1.807, 2.05) is 62.4 Å². The SMILES string of the molecule is Cc1cc(C)c(S(=O)(=O)O)c(C)c1N(c1ccc(C(c2ccc(N(c3c(C)cc(C)c(S(=O)(=O)O)c3C)C3CCCCC3)cc2)c2ccccc2S(=O)(=O)O)cc1)C1CCCCC1. The van der Waals surface area contributed by atoms with Crippen LogP contribution in [0.15, 0.2) is 99.6 Å². The minimum Gasteiger partial charge on any atom is -0.338 e. The zero-order chi connectivity index (χ0) is 45.6. The van der Waals surface area contributed by atoms with E-state index >= 15 is 0 Å². The molecule has 7 rings (SSSR count). The first kappa shape index (κ1) is 46.4. The van der Waals surface area contributed by atoms with Crippen LogP contribution in [0.3, 0.4) is 0 Å². The van der Waals surface area contributed by atoms with Crippen LogP contribution in [0.25, 0.3) is 0 Å². The summed E-state index contributed by atoms with van der Waals surface area (Å²) in [5.41, 5.74) is 8.57. The van der Waals surface area contributed by atoms with Crippen LogP contribution in [0.4, 0.5) is 22.7 Å². The number of rotatable bonds is 12. The first-order valence-corrected chi connectivity index (χ1v) is 26.0. The van der Waals surface area contributed by atoms with Gasteiger partial charge in [0.25, 0.3) is 30.4 Å². The highest BCUT2D eigenvalue weighted by molar-refractivity contribution is 7.86. The summed E-state index contributed by atoms with van der Waals surface area (Å²) in [7, 11) is -13.7. The maximum atomic E-state index is 13.0. The molecule has 2 aliphatic carbocycles. The Labute approximate surface area is 373 Å². The maximum Gasteiger partial charge on any atom is 0.295 e. The van der Waals surface area contributed by atoms with Crippen molar-refractivity contribution in [1.82, 2.24) is 0 Å². The van der Waals surface area contributed by atoms with E-state index in [9.17, 15) is 38.9 Å². The lowest BCUT2D eigenvalue weighted by Gasteiger charge is -2.39. The van der Waals surface area contributed by atoms with Crippen LogP contribution in [0.5, 0.6) is 0 Å². The Morgan fingerprint density at radius 1 is 0.476 bits per heavy atom. The monoisotopic (exact) mass is 914 g/mol. The Morgan fingerprint density at radius 2 is 0.841 bits per heavy atom. The lowest BCUT2D eigenvalue weighted by molar-refractivity contribution is 0.435. The topological polar surface area (TPSA) is 170 Å². The van der Waals surface area contributed by atoms with Gasteiger partial charge in [-0.2, -0.15) is 25.3 Å². The number of aryl methyl sites for hydroxylation is 4. The molecule has 2 saturated carbocycles. The molecule has 0 amide bonds. The van der Waals surface area contributed by atoms with Gasteiger partial charge in [-0.05, 0) is 148 Å². The predicted molar refractivity (Wildman–Crippen MR) is 249 cm³/mol. The summed E-state index contributed by atoms with van der Waals surface area (Å²) in [6.45, 7) is 10.7. The van der Waals surface area contributed by atoms with E-state index in [1.165, 1.54) is 6.07 Å². The van der Waals surface area contributed by atoms with Gasteiger partial charge in [0.15, 0.2) is 0 Å². The molecule has 2 aliphatic rings. The van der Waals surface area contributed by atoms with Crippen LogP contribution in [0.2, 0.25) is 0 Å². The van der Waals surface area contributed by atoms with Gasteiger partial charge in [0, 0.05) is 40.8 Å². The van der Waals surface area contributed by atoms with E-state index in [1.54, 1.807) is 58.0 Å². The Hall–Kier alpha value is -4.57. The summed E-state index contributed by atoms with van der Waals surface area (Å²) in [5.74, 6) is -0.666. The van der Waals surface area contributed by atoms with Gasteiger partial charge in [-0.25, -0.2) is 0 Å². The summed E-state index contributed by atoms with van der Waals surface area (Å²) in [4.78, 5) is 3.97. The molecule has 0 aliphatic heterocycles. The summed E-state index contributed by atoms with van der Waals surface area (Å²) >= 11 is 0. The van der Waals surface area contributed by atoms with Gasteiger partial charge in [-0.3, -0.25) is 13.7 Å². The predicted octanol–water partition coefficient (Wildman–Crippen LogP) is 11.4. The Morgan fingerprint density at radius 3 is 1.19 bits per heavy atom. The standard InChI is InChI=1S/C49H58N2O9S3/c1-31-29-33(3)48(62(55,56)57)35(5)46(31)50(39-15-9-7-10-16-39)41-25-21-37(22-26-41)45(43-19-13-14-20-44(43)61(52,53)54)38-23-27-42(28-24-38)51(40-17-11-8-12-18-40)47-32(2)30-34(4)49(36(47)6)63(58,59)60/h13-14,19-30,39-40,45H,7-12,15-18H2,1-6H3,(H,52,53,54)(H,55,56,57)(H,58,59,60). The fourth-order valence-electron chi connectivity index (χ4n) is 10.7. The fourth-order valence-corrected chi connectivity index (χ4v) is 13.4. The molecule has 5 aromatic carbocycles. The molecule has 0 radical (unpaired) electrons. The van der Waals surface area contributed by atoms with Crippen molar-refractivity contribution in [2.75, 3.05) is 9.80 Å². The molecule has 63 heavy (non-hydrogen) atoms. The average molecular weight is 915 g/mol. The second kappa shape index (κ2) is 18.1. The van der Waals surface area contributed by atoms with E-state index in [4.69, 9.17) is 0 Å². The van der Waals surface area contributed by atoms with Gasteiger partial charge < -0.3 is 9.80 Å². The molecule has 0 saturated heterocycles. The third-order valence-electron chi connectivity index (χ3n) is 13.1. The molecule has 0 atom stereocenters. The molecular formula is C49H58N2O9S3. The first-order valence-electron chi connectivity index (χ1n) is 21.7. The van der Waals surface area contributed by atoms with Crippen LogP contribution in [0.1, 0.15) is 120 Å². The third kappa shape index (κ3) is 9.48. The van der Waals surface area contributed by atoms with Crippen molar-refractivity contribution in [3.63, 3.8) is 0 Å². The minimum absolute atomic E-state index is 0.0593. The number of hydrogen-bond donors (Lipinski definition) is 3. The van der Waals surface area contributed by atoms with Gasteiger partial charge in [-0.1, -0.05) is 93.1 Å². The highest BCUT2D eigenvalue weighted by Gasteiger charge is 2.33. The molecule has 0 bridgehead atoms. The van der Waals surface area contributed by atoms with E-state index in [2.05, 4.69) is 9.80 Å². The van der Waals surface area contributed by atoms with Crippen molar-refractivity contribution in [1.29, 1.82) is 0 Å². The molecule has 0 spiro atoms. The molecule has 0 heterocycles. The van der Waals surface area contributed by atoms with E-state index in [0.717, 1.165) is 109 Å². The van der Waals surface area contributed by atoms with Gasteiger partial charge in [0.1, 0.15) is 9.79 Å². The lowest BCUT2D eigenvalue weighted by atomic mass is 9.84. The van der Waals surface area contributed by atoms with E-state index < -0.39 is 36.3 Å². The summed E-state index contributed by atoms with van der Waals surface area (Å²) in [5, 5.41) is 0. The average Bonchev–Trinajstić information content (AvgIpc) is 3.21. The molecule has 336 valence electrons.